The van der Waals surface area contributed by atoms with Gasteiger partial charge in [0.1, 0.15) is 29.4 Å². The maximum atomic E-state index is 13.0. The molecule has 0 atom stereocenters. The van der Waals surface area contributed by atoms with Crippen molar-refractivity contribution in [3.63, 3.8) is 0 Å². The maximum Gasteiger partial charge on any atom is 0.451 e. The number of phenolic OH excluding ortho intramolecular Hbond substituents is 1. The van der Waals surface area contributed by atoms with E-state index in [1.54, 1.807) is 38.1 Å². The van der Waals surface area contributed by atoms with E-state index in [1.165, 1.54) is 53.2 Å². The standard InChI is InChI=1S/C16H13F3N4O2.C14H11F3N4O/c1-3-11-12-13(22-15(21-11)16(17,18)19)23(8-20-12)10-6-4-9(5-7-10)14(24)25-2;1-2-10-11-12(20-13(19-10)14(15,16)17)21(7-18-11)8-3-5-9(22)6-4-8/h4-8H,3H2,1-2H3;3-7,22H,2H2,1H3. The Kier molecular flexibility index (Phi) is 8.82. The lowest BCUT2D eigenvalue weighted by Gasteiger charge is -2.09. The predicted octanol–water partition coefficient (Wildman–Crippen LogP) is 6.29. The van der Waals surface area contributed by atoms with Crippen LogP contribution in [0.2, 0.25) is 0 Å². The van der Waals surface area contributed by atoms with Gasteiger partial charge >= 0.3 is 18.3 Å². The normalized spacial score (nSPS) is 11.9. The summed E-state index contributed by atoms with van der Waals surface area (Å²) in [6.07, 6.45) is -5.89. The van der Waals surface area contributed by atoms with Gasteiger partial charge in [0.25, 0.3) is 0 Å². The lowest BCUT2D eigenvalue weighted by atomic mass is 10.2. The molecule has 11 nitrogen and oxygen atoms in total. The van der Waals surface area contributed by atoms with Gasteiger partial charge < -0.3 is 9.84 Å². The zero-order valence-corrected chi connectivity index (χ0v) is 24.8. The predicted molar refractivity (Wildman–Crippen MR) is 155 cm³/mol. The Bertz CT molecular complexity index is 2050. The molecule has 17 heteroatoms. The maximum absolute atomic E-state index is 13.0. The Balaban J connectivity index is 0.000000186. The summed E-state index contributed by atoms with van der Waals surface area (Å²) >= 11 is 0. The van der Waals surface area contributed by atoms with E-state index in [0.717, 1.165) is 0 Å². The van der Waals surface area contributed by atoms with Gasteiger partial charge in [0.15, 0.2) is 11.3 Å². The highest BCUT2D eigenvalue weighted by molar-refractivity contribution is 5.89. The molecule has 6 aromatic rings. The number of halogens is 6. The van der Waals surface area contributed by atoms with Crippen molar-refractivity contribution in [3.8, 4) is 17.1 Å². The van der Waals surface area contributed by atoms with Crippen molar-refractivity contribution in [2.24, 2.45) is 0 Å². The molecule has 2 aromatic carbocycles. The van der Waals surface area contributed by atoms with Crippen molar-refractivity contribution in [1.29, 1.82) is 0 Å². The van der Waals surface area contributed by atoms with Crippen LogP contribution in [0.1, 0.15) is 47.2 Å². The molecule has 0 spiro atoms. The lowest BCUT2D eigenvalue weighted by molar-refractivity contribution is -0.145. The first-order valence-electron chi connectivity index (χ1n) is 13.9. The Hall–Kier alpha value is -5.61. The molecule has 0 aliphatic carbocycles. The third kappa shape index (κ3) is 6.68. The van der Waals surface area contributed by atoms with Crippen LogP contribution >= 0.6 is 0 Å². The van der Waals surface area contributed by atoms with Crippen molar-refractivity contribution < 1.29 is 41.0 Å². The molecular weight excluding hydrogens is 634 g/mol. The summed E-state index contributed by atoms with van der Waals surface area (Å²) in [4.78, 5) is 34.1. The number of aryl methyl sites for hydroxylation is 2. The third-order valence-corrected chi connectivity index (χ3v) is 6.81. The number of esters is 1. The number of imidazole rings is 2. The van der Waals surface area contributed by atoms with Crippen molar-refractivity contribution in [2.45, 2.75) is 39.0 Å². The number of alkyl halides is 6. The summed E-state index contributed by atoms with van der Waals surface area (Å²) in [7, 11) is 1.27. The first-order valence-corrected chi connectivity index (χ1v) is 13.9. The summed E-state index contributed by atoms with van der Waals surface area (Å²) in [5, 5.41) is 9.30. The number of aromatic hydroxyl groups is 1. The number of ether oxygens (including phenoxy) is 1. The molecule has 0 unspecified atom stereocenters. The van der Waals surface area contributed by atoms with Crippen LogP contribution in [0.15, 0.2) is 61.2 Å². The van der Waals surface area contributed by atoms with E-state index < -0.39 is 30.0 Å². The fourth-order valence-corrected chi connectivity index (χ4v) is 4.53. The highest BCUT2D eigenvalue weighted by Gasteiger charge is 2.37. The Morgan fingerprint density at radius 3 is 1.47 bits per heavy atom. The number of fused-ring (bicyclic) bond motifs is 2. The number of hydrogen-bond acceptors (Lipinski definition) is 9. The van der Waals surface area contributed by atoms with E-state index in [-0.39, 0.29) is 28.4 Å². The Morgan fingerprint density at radius 2 is 1.11 bits per heavy atom. The van der Waals surface area contributed by atoms with Crippen LogP contribution in [0.4, 0.5) is 26.3 Å². The number of rotatable bonds is 5. The molecule has 0 bridgehead atoms. The molecule has 47 heavy (non-hydrogen) atoms. The summed E-state index contributed by atoms with van der Waals surface area (Å²) in [5.74, 6) is -2.83. The molecular formula is C30H24F6N8O3. The average molecular weight is 659 g/mol. The molecule has 0 amide bonds. The largest absolute Gasteiger partial charge is 0.508 e. The number of phenols is 1. The quantitative estimate of drug-likeness (QED) is 0.168. The second kappa shape index (κ2) is 12.6. The molecule has 0 saturated heterocycles. The monoisotopic (exact) mass is 658 g/mol. The number of methoxy groups -OCH3 is 1. The van der Waals surface area contributed by atoms with Crippen LogP contribution in [-0.4, -0.2) is 57.2 Å². The fraction of sp³-hybridized carbons (Fsp3) is 0.233. The van der Waals surface area contributed by atoms with E-state index in [1.807, 2.05) is 0 Å². The van der Waals surface area contributed by atoms with Gasteiger partial charge in [0.2, 0.25) is 11.6 Å². The molecule has 244 valence electrons. The second-order valence-electron chi connectivity index (χ2n) is 9.82. The third-order valence-electron chi connectivity index (χ3n) is 6.81. The number of carbonyl (C=O) groups excluding carboxylic acids is 1. The van der Waals surface area contributed by atoms with E-state index in [0.29, 0.717) is 40.8 Å². The number of benzene rings is 2. The van der Waals surface area contributed by atoms with Gasteiger partial charge in [0.05, 0.1) is 24.1 Å². The number of carbonyl (C=O) groups is 1. The van der Waals surface area contributed by atoms with Crippen LogP contribution in [-0.2, 0) is 29.9 Å². The van der Waals surface area contributed by atoms with Crippen molar-refractivity contribution in [3.05, 3.63) is 89.8 Å². The average Bonchev–Trinajstić information content (AvgIpc) is 3.68. The number of aromatic nitrogens is 8. The highest BCUT2D eigenvalue weighted by atomic mass is 19.4. The minimum atomic E-state index is -4.65. The molecule has 0 aliphatic rings. The zero-order chi connectivity index (χ0) is 34.1. The number of hydrogen-bond donors (Lipinski definition) is 1. The molecule has 0 fully saturated rings. The summed E-state index contributed by atoms with van der Waals surface area (Å²) < 4.78 is 85.4. The molecule has 0 radical (unpaired) electrons. The first-order chi connectivity index (χ1) is 22.2. The van der Waals surface area contributed by atoms with Gasteiger partial charge in [-0.25, -0.2) is 34.7 Å². The highest BCUT2D eigenvalue weighted by Crippen LogP contribution is 2.31. The minimum Gasteiger partial charge on any atom is -0.508 e. The summed E-state index contributed by atoms with van der Waals surface area (Å²) in [6, 6.07) is 12.2. The molecule has 1 N–H and O–H groups in total. The van der Waals surface area contributed by atoms with Gasteiger partial charge in [-0.3, -0.25) is 9.13 Å². The van der Waals surface area contributed by atoms with Gasteiger partial charge in [-0.05, 0) is 61.4 Å². The first kappa shape index (κ1) is 32.8. The molecule has 0 saturated carbocycles. The summed E-state index contributed by atoms with van der Waals surface area (Å²) in [5.41, 5.74) is 2.66. The smallest absolute Gasteiger partial charge is 0.451 e. The van der Waals surface area contributed by atoms with Gasteiger partial charge in [-0.15, -0.1) is 0 Å². The molecule has 6 rings (SSSR count). The van der Waals surface area contributed by atoms with Crippen LogP contribution in [0.3, 0.4) is 0 Å². The van der Waals surface area contributed by atoms with Gasteiger partial charge in [-0.1, -0.05) is 13.8 Å². The van der Waals surface area contributed by atoms with E-state index in [9.17, 15) is 36.2 Å². The minimum absolute atomic E-state index is 0.0602. The molecule has 0 aliphatic heterocycles. The van der Waals surface area contributed by atoms with E-state index >= 15 is 0 Å². The SMILES string of the molecule is CCc1nc(C(F)(F)F)nc2c1ncn2-c1ccc(C(=O)OC)cc1.CCc1nc(C(F)(F)F)nc2c1ncn2-c1ccc(O)cc1. The van der Waals surface area contributed by atoms with Crippen LogP contribution in [0.5, 0.6) is 5.75 Å². The number of nitrogens with zero attached hydrogens (tertiary/aromatic N) is 8. The Morgan fingerprint density at radius 1 is 0.702 bits per heavy atom. The lowest BCUT2D eigenvalue weighted by Crippen LogP contribution is -2.13. The fourth-order valence-electron chi connectivity index (χ4n) is 4.53. The Labute approximate surface area is 261 Å². The van der Waals surface area contributed by atoms with Crippen LogP contribution < -0.4 is 0 Å². The molecule has 4 aromatic heterocycles. The van der Waals surface area contributed by atoms with Gasteiger partial charge in [0, 0.05) is 11.4 Å². The second-order valence-corrected chi connectivity index (χ2v) is 9.82. The van der Waals surface area contributed by atoms with Gasteiger partial charge in [-0.2, -0.15) is 26.3 Å². The zero-order valence-electron chi connectivity index (χ0n) is 24.8. The van der Waals surface area contributed by atoms with Crippen LogP contribution in [0, 0.1) is 0 Å². The van der Waals surface area contributed by atoms with Crippen LogP contribution in [0.25, 0.3) is 33.7 Å². The van der Waals surface area contributed by atoms with Crippen molar-refractivity contribution >= 4 is 28.3 Å². The van der Waals surface area contributed by atoms with E-state index in [4.69, 9.17) is 0 Å². The molecule has 4 heterocycles. The van der Waals surface area contributed by atoms with Crippen molar-refractivity contribution in [2.75, 3.05) is 7.11 Å². The summed E-state index contributed by atoms with van der Waals surface area (Å²) in [6.45, 7) is 3.41. The topological polar surface area (TPSA) is 134 Å². The van der Waals surface area contributed by atoms with Crippen molar-refractivity contribution in [1.82, 2.24) is 39.0 Å². The van der Waals surface area contributed by atoms with E-state index in [2.05, 4.69) is 34.6 Å².